The van der Waals surface area contributed by atoms with Crippen molar-refractivity contribution >= 4 is 17.6 Å². The number of anilines is 1. The Bertz CT molecular complexity index is 1140. The summed E-state index contributed by atoms with van der Waals surface area (Å²) in [5.41, 5.74) is 8.30. The van der Waals surface area contributed by atoms with Crippen LogP contribution in [0.2, 0.25) is 0 Å². The maximum Gasteiger partial charge on any atom is 0.284 e. The van der Waals surface area contributed by atoms with Crippen molar-refractivity contribution in [2.24, 2.45) is 5.92 Å². The van der Waals surface area contributed by atoms with Gasteiger partial charge >= 0.3 is 0 Å². The molecule has 1 aliphatic carbocycles. The normalized spacial score (nSPS) is 19.4. The van der Waals surface area contributed by atoms with E-state index in [0.29, 0.717) is 36.9 Å². The number of aromatic nitrogens is 2. The second kappa shape index (κ2) is 9.62. The average Bonchev–Trinajstić information content (AvgIpc) is 3.24. The van der Waals surface area contributed by atoms with Crippen LogP contribution in [0.5, 0.6) is 5.88 Å². The molecule has 11 nitrogen and oxygen atoms in total. The Morgan fingerprint density at radius 2 is 2.24 bits per heavy atom. The molecule has 2 heterocycles. The first kappa shape index (κ1) is 23.4. The summed E-state index contributed by atoms with van der Waals surface area (Å²) in [7, 11) is 0. The average molecular weight is 466 g/mol. The predicted molar refractivity (Wildman–Crippen MR) is 120 cm³/mol. The Morgan fingerprint density at radius 1 is 1.44 bits per heavy atom. The maximum absolute atomic E-state index is 12.9. The van der Waals surface area contributed by atoms with E-state index in [4.69, 9.17) is 15.3 Å². The van der Waals surface area contributed by atoms with E-state index in [1.165, 1.54) is 0 Å². The summed E-state index contributed by atoms with van der Waals surface area (Å²) >= 11 is 0. The van der Waals surface area contributed by atoms with Crippen LogP contribution < -0.4 is 21.3 Å². The van der Waals surface area contributed by atoms with Crippen molar-refractivity contribution in [2.45, 2.75) is 44.3 Å². The first-order valence-corrected chi connectivity index (χ1v) is 11.0. The Labute approximate surface area is 196 Å². The smallest absolute Gasteiger partial charge is 0.284 e. The monoisotopic (exact) mass is 466 g/mol. The van der Waals surface area contributed by atoms with Gasteiger partial charge in [0, 0.05) is 24.4 Å². The van der Waals surface area contributed by atoms with Crippen LogP contribution in [0.4, 0.5) is 5.82 Å². The number of rotatable bonds is 8. The topological polar surface area (TPSA) is 172 Å². The summed E-state index contributed by atoms with van der Waals surface area (Å²) in [5.74, 6) is -0.941. The van der Waals surface area contributed by atoms with E-state index < -0.39 is 17.6 Å². The Morgan fingerprint density at radius 3 is 2.88 bits per heavy atom. The standard InChI is InChI=1S/C23H26N6O5/c1-13(16-9-17(30)26-11-16)34-22-18(21(31)29-33-12-23(32)6-3-7-23)19(25)27-20(28-22)15-5-2-4-14(8-15)10-24/h2,4-5,8,13,16,32H,3,6-7,9,11-12H2,1H3,(H,26,30)(H,29,31)(H2,25,27,28)/t13?,16-/m0/s1. The molecular weight excluding hydrogens is 440 g/mol. The zero-order chi connectivity index (χ0) is 24.3. The van der Waals surface area contributed by atoms with Crippen LogP contribution in [-0.2, 0) is 9.63 Å². The molecular formula is C23H26N6O5. The van der Waals surface area contributed by atoms with Gasteiger partial charge in [-0.3, -0.25) is 14.4 Å². The first-order chi connectivity index (χ1) is 16.3. The number of amides is 2. The number of hydroxylamine groups is 1. The van der Waals surface area contributed by atoms with Gasteiger partial charge in [-0.05, 0) is 38.3 Å². The molecule has 0 spiro atoms. The molecule has 0 bridgehead atoms. The molecule has 2 atom stereocenters. The lowest BCUT2D eigenvalue weighted by Crippen LogP contribution is -2.44. The number of nitrogens with two attached hydrogens (primary N) is 1. The van der Waals surface area contributed by atoms with Crippen molar-refractivity contribution in [2.75, 3.05) is 18.9 Å². The second-order valence-electron chi connectivity index (χ2n) is 8.69. The van der Waals surface area contributed by atoms with Crippen LogP contribution in [-0.4, -0.2) is 51.7 Å². The number of hydrogen-bond donors (Lipinski definition) is 4. The van der Waals surface area contributed by atoms with Crippen molar-refractivity contribution in [1.82, 2.24) is 20.8 Å². The highest BCUT2D eigenvalue weighted by Gasteiger charge is 2.35. The van der Waals surface area contributed by atoms with Gasteiger partial charge in [0.15, 0.2) is 5.82 Å². The van der Waals surface area contributed by atoms with Crippen molar-refractivity contribution in [3.8, 4) is 23.3 Å². The van der Waals surface area contributed by atoms with E-state index in [9.17, 15) is 20.0 Å². The van der Waals surface area contributed by atoms with Crippen molar-refractivity contribution in [3.63, 3.8) is 0 Å². The zero-order valence-corrected chi connectivity index (χ0v) is 18.7. The minimum atomic E-state index is -0.944. The number of nitriles is 1. The fourth-order valence-electron chi connectivity index (χ4n) is 3.86. The fraction of sp³-hybridized carbons (Fsp3) is 0.435. The lowest BCUT2D eigenvalue weighted by Gasteiger charge is -2.35. The number of carbonyl (C=O) groups is 2. The molecule has 1 aromatic carbocycles. The number of nitrogens with zero attached hydrogens (tertiary/aromatic N) is 3. The first-order valence-electron chi connectivity index (χ1n) is 11.0. The lowest BCUT2D eigenvalue weighted by molar-refractivity contribution is -0.119. The van der Waals surface area contributed by atoms with E-state index in [0.717, 1.165) is 6.42 Å². The van der Waals surface area contributed by atoms with Crippen LogP contribution in [0.15, 0.2) is 24.3 Å². The van der Waals surface area contributed by atoms with Gasteiger partial charge in [-0.15, -0.1) is 0 Å². The maximum atomic E-state index is 12.9. The van der Waals surface area contributed by atoms with E-state index in [1.54, 1.807) is 31.2 Å². The number of ether oxygens (including phenoxy) is 1. The minimum absolute atomic E-state index is 0.0546. The third kappa shape index (κ3) is 5.08. The summed E-state index contributed by atoms with van der Waals surface area (Å²) in [6.07, 6.45) is 1.93. The molecule has 0 radical (unpaired) electrons. The molecule has 1 aliphatic heterocycles. The number of nitrogens with one attached hydrogen (secondary N) is 2. The van der Waals surface area contributed by atoms with Crippen LogP contribution in [0, 0.1) is 17.2 Å². The largest absolute Gasteiger partial charge is 0.474 e. The van der Waals surface area contributed by atoms with Gasteiger partial charge in [0.2, 0.25) is 11.8 Å². The molecule has 1 saturated carbocycles. The molecule has 178 valence electrons. The van der Waals surface area contributed by atoms with E-state index in [1.807, 2.05) is 0 Å². The number of nitrogen functional groups attached to an aromatic ring is 1. The summed E-state index contributed by atoms with van der Waals surface area (Å²) in [6.45, 7) is 2.17. The second-order valence-corrected chi connectivity index (χ2v) is 8.69. The summed E-state index contributed by atoms with van der Waals surface area (Å²) in [4.78, 5) is 38.4. The van der Waals surface area contributed by atoms with Gasteiger partial charge in [0.1, 0.15) is 24.1 Å². The molecule has 2 fully saturated rings. The molecule has 2 aliphatic rings. The molecule has 2 amide bonds. The Kier molecular flexibility index (Phi) is 6.63. The quantitative estimate of drug-likeness (QED) is 0.415. The van der Waals surface area contributed by atoms with Gasteiger partial charge < -0.3 is 20.9 Å². The van der Waals surface area contributed by atoms with Crippen molar-refractivity contribution in [3.05, 3.63) is 35.4 Å². The van der Waals surface area contributed by atoms with E-state index in [-0.39, 0.29) is 41.5 Å². The van der Waals surface area contributed by atoms with Crippen LogP contribution >= 0.6 is 0 Å². The van der Waals surface area contributed by atoms with E-state index >= 15 is 0 Å². The predicted octanol–water partition coefficient (Wildman–Crippen LogP) is 1.08. The molecule has 2 aromatic rings. The highest BCUT2D eigenvalue weighted by molar-refractivity contribution is 6.00. The van der Waals surface area contributed by atoms with Crippen molar-refractivity contribution in [1.29, 1.82) is 5.26 Å². The molecule has 1 unspecified atom stereocenters. The molecule has 4 rings (SSSR count). The lowest BCUT2D eigenvalue weighted by atomic mass is 9.81. The third-order valence-corrected chi connectivity index (χ3v) is 6.14. The summed E-state index contributed by atoms with van der Waals surface area (Å²) < 4.78 is 6.02. The van der Waals surface area contributed by atoms with Gasteiger partial charge in [0.25, 0.3) is 5.91 Å². The molecule has 34 heavy (non-hydrogen) atoms. The Balaban J connectivity index is 1.62. The highest BCUT2D eigenvalue weighted by Crippen LogP contribution is 2.32. The number of hydrogen-bond acceptors (Lipinski definition) is 9. The Hall–Kier alpha value is -3.75. The SMILES string of the molecule is CC(Oc1nc(-c2cccc(C#N)c2)nc(N)c1C(=O)NOCC1(O)CCC1)[C@@H]1CNC(=O)C1. The summed E-state index contributed by atoms with van der Waals surface area (Å²) in [6, 6.07) is 8.70. The number of aliphatic hydroxyl groups is 1. The van der Waals surface area contributed by atoms with Gasteiger partial charge in [0.05, 0.1) is 17.2 Å². The molecule has 5 N–H and O–H groups in total. The van der Waals surface area contributed by atoms with Crippen molar-refractivity contribution < 1.29 is 24.3 Å². The van der Waals surface area contributed by atoms with Crippen LogP contribution in [0.3, 0.4) is 0 Å². The highest BCUT2D eigenvalue weighted by atomic mass is 16.7. The summed E-state index contributed by atoms with van der Waals surface area (Å²) in [5, 5.41) is 22.1. The van der Waals surface area contributed by atoms with Gasteiger partial charge in [-0.2, -0.15) is 10.2 Å². The van der Waals surface area contributed by atoms with E-state index in [2.05, 4.69) is 26.8 Å². The molecule has 11 heteroatoms. The number of benzene rings is 1. The van der Waals surface area contributed by atoms with Gasteiger partial charge in [-0.25, -0.2) is 10.5 Å². The minimum Gasteiger partial charge on any atom is -0.474 e. The molecule has 1 aromatic heterocycles. The van der Waals surface area contributed by atoms with Crippen LogP contribution in [0.1, 0.15) is 48.5 Å². The molecule has 1 saturated heterocycles. The zero-order valence-electron chi connectivity index (χ0n) is 18.7. The van der Waals surface area contributed by atoms with Crippen LogP contribution in [0.25, 0.3) is 11.4 Å². The van der Waals surface area contributed by atoms with Gasteiger partial charge in [-0.1, -0.05) is 12.1 Å². The third-order valence-electron chi connectivity index (χ3n) is 6.14. The fourth-order valence-corrected chi connectivity index (χ4v) is 3.86. The number of carbonyl (C=O) groups excluding carboxylic acids is 2.